The van der Waals surface area contributed by atoms with Crippen LogP contribution in [0.4, 0.5) is 0 Å². The van der Waals surface area contributed by atoms with Crippen molar-refractivity contribution in [2.75, 3.05) is 52.4 Å². The monoisotopic (exact) mass is 506 g/mol. The minimum atomic E-state index is -0.848. The number of hydrogen-bond acceptors (Lipinski definition) is 6. The zero-order valence-electron chi connectivity index (χ0n) is 21.8. The average Bonchev–Trinajstić information content (AvgIpc) is 2.87. The lowest BCUT2D eigenvalue weighted by molar-refractivity contribution is -0.138. The maximum atomic E-state index is 13.4. The third kappa shape index (κ3) is 6.39. The lowest BCUT2D eigenvalue weighted by Crippen LogP contribution is -2.57. The summed E-state index contributed by atoms with van der Waals surface area (Å²) < 4.78 is 0. The molecule has 2 heterocycles. The molecule has 2 aliphatic rings. The maximum absolute atomic E-state index is 13.4. The van der Waals surface area contributed by atoms with Crippen LogP contribution in [0.25, 0.3) is 0 Å². The van der Waals surface area contributed by atoms with E-state index in [-0.39, 0.29) is 30.3 Å². The molecule has 0 radical (unpaired) electrons. The van der Waals surface area contributed by atoms with E-state index in [9.17, 15) is 14.7 Å². The van der Waals surface area contributed by atoms with Gasteiger partial charge in [0, 0.05) is 63.5 Å². The number of phenolic OH excluding ortho intramolecular Hbond substituents is 1. The topological polar surface area (TPSA) is 87.6 Å². The Labute approximate surface area is 219 Å². The number of amides is 1. The van der Waals surface area contributed by atoms with Crippen LogP contribution in [0.5, 0.6) is 5.75 Å². The van der Waals surface area contributed by atoms with Crippen molar-refractivity contribution in [3.05, 3.63) is 77.9 Å². The standard InChI is InChI=1S/C29H38N4O4/c1-4-11-32-18-22(3)33(19-21(32)2)28(24-8-6-10-26(34)17-24)23-7-5-9-25(16-23)29(37)31-14-12-30(13-15-31)20-27(35)36/h4-10,16-17,21-22,28,34H,1,11-15,18-20H2,2-3H3,(H,35,36)/t21-,22+,28?/m1/s1. The number of nitrogens with zero attached hydrogens (tertiary/aromatic N) is 4. The molecular formula is C29H38N4O4. The van der Waals surface area contributed by atoms with Crippen molar-refractivity contribution in [3.8, 4) is 5.75 Å². The maximum Gasteiger partial charge on any atom is 0.317 e. The highest BCUT2D eigenvalue weighted by molar-refractivity contribution is 5.94. The van der Waals surface area contributed by atoms with Gasteiger partial charge in [0.25, 0.3) is 5.91 Å². The van der Waals surface area contributed by atoms with E-state index >= 15 is 0 Å². The van der Waals surface area contributed by atoms with Crippen LogP contribution >= 0.6 is 0 Å². The summed E-state index contributed by atoms with van der Waals surface area (Å²) in [5.74, 6) is -0.664. The smallest absolute Gasteiger partial charge is 0.317 e. The summed E-state index contributed by atoms with van der Waals surface area (Å²) in [5, 5.41) is 19.3. The molecule has 2 aromatic rings. The van der Waals surface area contributed by atoms with Gasteiger partial charge in [0.1, 0.15) is 5.75 Å². The fourth-order valence-electron chi connectivity index (χ4n) is 5.60. The number of carbonyl (C=O) groups excluding carboxylic acids is 1. The van der Waals surface area contributed by atoms with Crippen LogP contribution in [0, 0.1) is 0 Å². The highest BCUT2D eigenvalue weighted by atomic mass is 16.4. The SMILES string of the molecule is C=CCN1C[C@H](C)N(C(c2cccc(O)c2)c2cccc(C(=O)N3CCN(CC(=O)O)CC3)c2)C[C@H]1C. The third-order valence-corrected chi connectivity index (χ3v) is 7.51. The van der Waals surface area contributed by atoms with Gasteiger partial charge in [-0.1, -0.05) is 30.3 Å². The number of rotatable bonds is 8. The summed E-state index contributed by atoms with van der Waals surface area (Å²) in [6.45, 7) is 13.1. The normalized spacial score (nSPS) is 22.5. The minimum absolute atomic E-state index is 0.000212. The van der Waals surface area contributed by atoms with E-state index in [4.69, 9.17) is 5.11 Å². The van der Waals surface area contributed by atoms with Gasteiger partial charge in [0.15, 0.2) is 0 Å². The van der Waals surface area contributed by atoms with Crippen LogP contribution in [0.1, 0.15) is 41.4 Å². The van der Waals surface area contributed by atoms with Gasteiger partial charge in [-0.25, -0.2) is 0 Å². The van der Waals surface area contributed by atoms with Gasteiger partial charge in [-0.3, -0.25) is 24.3 Å². The second-order valence-corrected chi connectivity index (χ2v) is 10.2. The Balaban J connectivity index is 1.60. The molecule has 2 aromatic carbocycles. The van der Waals surface area contributed by atoms with Crippen LogP contribution in [0.2, 0.25) is 0 Å². The number of hydrogen-bond donors (Lipinski definition) is 2. The second-order valence-electron chi connectivity index (χ2n) is 10.2. The van der Waals surface area contributed by atoms with Crippen molar-refractivity contribution >= 4 is 11.9 Å². The summed E-state index contributed by atoms with van der Waals surface area (Å²) in [6.07, 6.45) is 1.95. The van der Waals surface area contributed by atoms with E-state index in [0.717, 1.165) is 30.8 Å². The molecule has 8 heteroatoms. The zero-order chi connectivity index (χ0) is 26.5. The Morgan fingerprint density at radius 3 is 2.32 bits per heavy atom. The Morgan fingerprint density at radius 1 is 1.00 bits per heavy atom. The van der Waals surface area contributed by atoms with E-state index in [2.05, 4.69) is 36.3 Å². The number of aliphatic carboxylic acids is 1. The van der Waals surface area contributed by atoms with Crippen molar-refractivity contribution in [1.82, 2.24) is 19.6 Å². The van der Waals surface area contributed by atoms with Crippen molar-refractivity contribution < 1.29 is 19.8 Å². The fourth-order valence-corrected chi connectivity index (χ4v) is 5.60. The van der Waals surface area contributed by atoms with Crippen LogP contribution in [0.15, 0.2) is 61.2 Å². The van der Waals surface area contributed by atoms with Gasteiger partial charge in [-0.15, -0.1) is 6.58 Å². The molecule has 4 rings (SSSR count). The number of benzene rings is 2. The van der Waals surface area contributed by atoms with Crippen molar-refractivity contribution in [2.45, 2.75) is 32.0 Å². The molecule has 8 nitrogen and oxygen atoms in total. The van der Waals surface area contributed by atoms with E-state index in [1.54, 1.807) is 11.0 Å². The molecule has 198 valence electrons. The molecule has 2 N–H and O–H groups in total. The van der Waals surface area contributed by atoms with Gasteiger partial charge in [0.2, 0.25) is 0 Å². The molecule has 0 aliphatic carbocycles. The van der Waals surface area contributed by atoms with E-state index in [1.165, 1.54) is 0 Å². The largest absolute Gasteiger partial charge is 0.508 e. The molecule has 37 heavy (non-hydrogen) atoms. The molecule has 0 saturated carbocycles. The Bertz CT molecular complexity index is 1110. The van der Waals surface area contributed by atoms with Gasteiger partial charge in [-0.05, 0) is 49.2 Å². The Morgan fingerprint density at radius 2 is 1.68 bits per heavy atom. The first-order valence-electron chi connectivity index (χ1n) is 13.0. The minimum Gasteiger partial charge on any atom is -0.508 e. The first kappa shape index (κ1) is 26.9. The molecule has 2 saturated heterocycles. The quantitative estimate of drug-likeness (QED) is 0.533. The van der Waals surface area contributed by atoms with Crippen LogP contribution in [-0.4, -0.2) is 106 Å². The Hall–Kier alpha value is -3.20. The molecule has 1 unspecified atom stereocenters. The molecule has 3 atom stereocenters. The van der Waals surface area contributed by atoms with Crippen molar-refractivity contribution in [1.29, 1.82) is 0 Å². The average molecular weight is 507 g/mol. The van der Waals surface area contributed by atoms with E-state index in [1.807, 2.05) is 47.4 Å². The van der Waals surface area contributed by atoms with Gasteiger partial charge in [0.05, 0.1) is 12.6 Å². The van der Waals surface area contributed by atoms with Crippen LogP contribution in [-0.2, 0) is 4.79 Å². The van der Waals surface area contributed by atoms with Gasteiger partial charge < -0.3 is 15.1 Å². The van der Waals surface area contributed by atoms with E-state index in [0.29, 0.717) is 37.8 Å². The number of carboxylic acids is 1. The second kappa shape index (κ2) is 11.9. The number of aromatic hydroxyl groups is 1. The highest BCUT2D eigenvalue weighted by Gasteiger charge is 2.35. The summed E-state index contributed by atoms with van der Waals surface area (Å²) in [6, 6.07) is 15.7. The van der Waals surface area contributed by atoms with Crippen molar-refractivity contribution in [2.24, 2.45) is 0 Å². The third-order valence-electron chi connectivity index (χ3n) is 7.51. The predicted octanol–water partition coefficient (Wildman–Crippen LogP) is 2.90. The summed E-state index contributed by atoms with van der Waals surface area (Å²) in [5.41, 5.74) is 2.63. The molecule has 0 spiro atoms. The first-order valence-corrected chi connectivity index (χ1v) is 13.0. The van der Waals surface area contributed by atoms with Gasteiger partial charge in [-0.2, -0.15) is 0 Å². The predicted molar refractivity (Wildman–Crippen MR) is 144 cm³/mol. The first-order chi connectivity index (χ1) is 17.8. The number of carbonyl (C=O) groups is 2. The molecule has 2 aliphatic heterocycles. The number of carboxylic acid groups (broad SMARTS) is 1. The fraction of sp³-hybridized carbons (Fsp3) is 0.448. The lowest BCUT2D eigenvalue weighted by Gasteiger charge is -2.47. The summed E-state index contributed by atoms with van der Waals surface area (Å²) in [4.78, 5) is 33.0. The van der Waals surface area contributed by atoms with Crippen LogP contribution < -0.4 is 0 Å². The summed E-state index contributed by atoms with van der Waals surface area (Å²) in [7, 11) is 0. The number of piperazine rings is 2. The lowest BCUT2D eigenvalue weighted by atomic mass is 9.92. The molecule has 0 aromatic heterocycles. The molecular weight excluding hydrogens is 468 g/mol. The van der Waals surface area contributed by atoms with Crippen LogP contribution in [0.3, 0.4) is 0 Å². The molecule has 0 bridgehead atoms. The zero-order valence-corrected chi connectivity index (χ0v) is 21.8. The Kier molecular flexibility index (Phi) is 8.63. The molecule has 1 amide bonds. The van der Waals surface area contributed by atoms with Crippen molar-refractivity contribution in [3.63, 3.8) is 0 Å². The summed E-state index contributed by atoms with van der Waals surface area (Å²) >= 11 is 0. The van der Waals surface area contributed by atoms with E-state index < -0.39 is 5.97 Å². The molecule has 2 fully saturated rings. The van der Waals surface area contributed by atoms with Gasteiger partial charge >= 0.3 is 5.97 Å². The highest BCUT2D eigenvalue weighted by Crippen LogP contribution is 2.35. The number of phenols is 1.